The minimum Gasteiger partial charge on any atom is -0.478 e. The third kappa shape index (κ3) is 3.14. The molecule has 6 nitrogen and oxygen atoms in total. The maximum absolute atomic E-state index is 11.1. The monoisotopic (exact) mass is 356 g/mol. The number of hydrogen-bond acceptors (Lipinski definition) is 5. The van der Waals surface area contributed by atoms with Crippen molar-refractivity contribution in [3.63, 3.8) is 0 Å². The molecule has 2 aromatic rings. The highest BCUT2D eigenvalue weighted by atomic mass is 79.9. The van der Waals surface area contributed by atoms with Crippen LogP contribution in [-0.4, -0.2) is 16.0 Å². The fourth-order valence-electron chi connectivity index (χ4n) is 1.68. The summed E-state index contributed by atoms with van der Waals surface area (Å²) in [6.07, 6.45) is 0. The molecule has 20 heavy (non-hydrogen) atoms. The first kappa shape index (κ1) is 14.5. The van der Waals surface area contributed by atoms with Crippen LogP contribution in [-0.2, 0) is 6.54 Å². The van der Waals surface area contributed by atoms with E-state index >= 15 is 0 Å². The Morgan fingerprint density at radius 3 is 2.80 bits per heavy atom. The summed E-state index contributed by atoms with van der Waals surface area (Å²) in [4.78, 5) is 22.5. The SMILES string of the molecule is O=C(O)c1cccc([N+](=O)[O-])c1NCc1cc(Br)cs1. The molecule has 0 amide bonds. The highest BCUT2D eigenvalue weighted by Crippen LogP contribution is 2.29. The van der Waals surface area contributed by atoms with E-state index in [0.717, 1.165) is 9.35 Å². The van der Waals surface area contributed by atoms with Crippen LogP contribution in [0.5, 0.6) is 0 Å². The molecule has 8 heteroatoms. The van der Waals surface area contributed by atoms with E-state index in [2.05, 4.69) is 21.2 Å². The molecule has 2 rings (SSSR count). The molecule has 0 radical (unpaired) electrons. The van der Waals surface area contributed by atoms with Crippen LogP contribution in [0.1, 0.15) is 15.2 Å². The van der Waals surface area contributed by atoms with Crippen molar-refractivity contribution >= 4 is 44.6 Å². The van der Waals surface area contributed by atoms with Gasteiger partial charge in [0, 0.05) is 27.3 Å². The second-order valence-corrected chi connectivity index (χ2v) is 5.76. The van der Waals surface area contributed by atoms with Crippen molar-refractivity contribution in [3.05, 3.63) is 54.7 Å². The number of nitrogens with one attached hydrogen (secondary N) is 1. The molecular weight excluding hydrogens is 348 g/mol. The van der Waals surface area contributed by atoms with Crippen LogP contribution in [0.2, 0.25) is 0 Å². The third-order valence-electron chi connectivity index (χ3n) is 2.53. The van der Waals surface area contributed by atoms with Crippen molar-refractivity contribution in [1.29, 1.82) is 0 Å². The Kier molecular flexibility index (Phi) is 4.35. The molecule has 1 heterocycles. The molecule has 0 atom stereocenters. The topological polar surface area (TPSA) is 92.5 Å². The van der Waals surface area contributed by atoms with E-state index in [0.29, 0.717) is 6.54 Å². The summed E-state index contributed by atoms with van der Waals surface area (Å²) in [6, 6.07) is 5.84. The van der Waals surface area contributed by atoms with Gasteiger partial charge >= 0.3 is 5.97 Å². The first-order valence-electron chi connectivity index (χ1n) is 5.46. The number of para-hydroxylation sites is 1. The van der Waals surface area contributed by atoms with Gasteiger partial charge in [0.1, 0.15) is 5.69 Å². The molecule has 2 N–H and O–H groups in total. The lowest BCUT2D eigenvalue weighted by molar-refractivity contribution is -0.384. The maximum Gasteiger partial charge on any atom is 0.338 e. The second kappa shape index (κ2) is 6.02. The number of nitrogens with zero attached hydrogens (tertiary/aromatic N) is 1. The smallest absolute Gasteiger partial charge is 0.338 e. The molecule has 1 aromatic carbocycles. The van der Waals surface area contributed by atoms with Crippen LogP contribution >= 0.6 is 27.3 Å². The van der Waals surface area contributed by atoms with Gasteiger partial charge in [-0.05, 0) is 28.1 Å². The molecule has 0 saturated carbocycles. The van der Waals surface area contributed by atoms with E-state index in [1.807, 2.05) is 11.4 Å². The second-order valence-electron chi connectivity index (χ2n) is 3.85. The average molecular weight is 357 g/mol. The molecule has 0 aliphatic heterocycles. The summed E-state index contributed by atoms with van der Waals surface area (Å²) >= 11 is 4.78. The van der Waals surface area contributed by atoms with Gasteiger partial charge in [-0.1, -0.05) is 6.07 Å². The first-order chi connectivity index (χ1) is 9.49. The number of halogens is 1. The van der Waals surface area contributed by atoms with Gasteiger partial charge in [-0.3, -0.25) is 10.1 Å². The lowest BCUT2D eigenvalue weighted by Crippen LogP contribution is -2.08. The lowest BCUT2D eigenvalue weighted by Gasteiger charge is -2.09. The van der Waals surface area contributed by atoms with Gasteiger partial charge in [-0.2, -0.15) is 0 Å². The van der Waals surface area contributed by atoms with Crippen LogP contribution in [0.4, 0.5) is 11.4 Å². The standard InChI is InChI=1S/C12H9BrN2O4S/c13-7-4-8(20-6-7)5-14-11-9(12(16)17)2-1-3-10(11)15(18)19/h1-4,6,14H,5H2,(H,16,17). The van der Waals surface area contributed by atoms with Gasteiger partial charge in [-0.15, -0.1) is 11.3 Å². The van der Waals surface area contributed by atoms with E-state index in [9.17, 15) is 14.9 Å². The maximum atomic E-state index is 11.1. The Balaban J connectivity index is 2.32. The van der Waals surface area contributed by atoms with Crippen molar-refractivity contribution in [2.75, 3.05) is 5.32 Å². The van der Waals surface area contributed by atoms with E-state index < -0.39 is 10.9 Å². The third-order valence-corrected chi connectivity index (χ3v) is 4.23. The number of thiophene rings is 1. The number of carboxylic acid groups (broad SMARTS) is 1. The van der Waals surface area contributed by atoms with Crippen LogP contribution in [0, 0.1) is 10.1 Å². The van der Waals surface area contributed by atoms with Gasteiger partial charge in [-0.25, -0.2) is 4.79 Å². The van der Waals surface area contributed by atoms with Crippen LogP contribution in [0.3, 0.4) is 0 Å². The molecule has 0 aliphatic carbocycles. The van der Waals surface area contributed by atoms with Gasteiger partial charge in [0.15, 0.2) is 0 Å². The van der Waals surface area contributed by atoms with Gasteiger partial charge in [0.25, 0.3) is 5.69 Å². The highest BCUT2D eigenvalue weighted by Gasteiger charge is 2.21. The molecule has 104 valence electrons. The van der Waals surface area contributed by atoms with E-state index in [1.165, 1.54) is 29.5 Å². The fourth-order valence-corrected chi connectivity index (χ4v) is 3.07. The fraction of sp³-hybridized carbons (Fsp3) is 0.0833. The zero-order valence-electron chi connectivity index (χ0n) is 10.00. The quantitative estimate of drug-likeness (QED) is 0.628. The number of nitro benzene ring substituents is 1. The normalized spacial score (nSPS) is 10.2. The number of benzene rings is 1. The van der Waals surface area contributed by atoms with Crippen LogP contribution in [0.15, 0.2) is 34.1 Å². The lowest BCUT2D eigenvalue weighted by atomic mass is 10.1. The largest absolute Gasteiger partial charge is 0.478 e. The highest BCUT2D eigenvalue weighted by molar-refractivity contribution is 9.10. The number of anilines is 1. The van der Waals surface area contributed by atoms with Gasteiger partial charge in [0.05, 0.1) is 10.5 Å². The molecule has 0 saturated heterocycles. The Labute approximate surface area is 126 Å². The Morgan fingerprint density at radius 1 is 1.50 bits per heavy atom. The summed E-state index contributed by atoms with van der Waals surface area (Å²) < 4.78 is 0.917. The van der Waals surface area contributed by atoms with Crippen LogP contribution in [0.25, 0.3) is 0 Å². The van der Waals surface area contributed by atoms with E-state index in [-0.39, 0.29) is 16.9 Å². The van der Waals surface area contributed by atoms with Crippen molar-refractivity contribution < 1.29 is 14.8 Å². The number of rotatable bonds is 5. The summed E-state index contributed by atoms with van der Waals surface area (Å²) in [6.45, 7) is 0.321. The predicted molar refractivity (Wildman–Crippen MR) is 79.4 cm³/mol. The number of aromatic carboxylic acids is 1. The summed E-state index contributed by atoms with van der Waals surface area (Å²) in [5.74, 6) is -1.21. The molecule has 1 aromatic heterocycles. The number of carboxylic acids is 1. The zero-order valence-corrected chi connectivity index (χ0v) is 12.4. The van der Waals surface area contributed by atoms with Gasteiger partial charge in [0.2, 0.25) is 0 Å². The van der Waals surface area contributed by atoms with Crippen molar-refractivity contribution in [1.82, 2.24) is 0 Å². The Bertz CT molecular complexity index is 639. The van der Waals surface area contributed by atoms with E-state index in [4.69, 9.17) is 5.11 Å². The predicted octanol–water partition coefficient (Wildman–Crippen LogP) is 3.73. The van der Waals surface area contributed by atoms with Crippen molar-refractivity contribution in [2.45, 2.75) is 6.54 Å². The van der Waals surface area contributed by atoms with Crippen LogP contribution < -0.4 is 5.32 Å². The molecular formula is C12H9BrN2O4S. The molecule has 0 bridgehead atoms. The van der Waals surface area contributed by atoms with E-state index in [1.54, 1.807) is 0 Å². The molecule has 0 unspecified atom stereocenters. The first-order valence-corrected chi connectivity index (χ1v) is 7.14. The Hall–Kier alpha value is -1.93. The average Bonchev–Trinajstić information content (AvgIpc) is 2.81. The van der Waals surface area contributed by atoms with Crippen molar-refractivity contribution in [2.24, 2.45) is 0 Å². The summed E-state index contributed by atoms with van der Waals surface area (Å²) in [5, 5.41) is 24.8. The summed E-state index contributed by atoms with van der Waals surface area (Å²) in [7, 11) is 0. The summed E-state index contributed by atoms with van der Waals surface area (Å²) in [5.41, 5.74) is -0.343. The number of hydrogen-bond donors (Lipinski definition) is 2. The minimum absolute atomic E-state index is 0.0227. The Morgan fingerprint density at radius 2 is 2.25 bits per heavy atom. The molecule has 0 aliphatic rings. The van der Waals surface area contributed by atoms with Crippen molar-refractivity contribution in [3.8, 4) is 0 Å². The van der Waals surface area contributed by atoms with Gasteiger partial charge < -0.3 is 10.4 Å². The number of carbonyl (C=O) groups is 1. The molecule has 0 spiro atoms. The number of nitro groups is 1. The zero-order chi connectivity index (χ0) is 14.7. The minimum atomic E-state index is -1.21. The molecule has 0 fully saturated rings.